The van der Waals surface area contributed by atoms with Gasteiger partial charge in [0, 0.05) is 5.56 Å². The smallest absolute Gasteiger partial charge is 0.184 e. The Morgan fingerprint density at radius 2 is 1.62 bits per heavy atom. The number of ether oxygens (including phenoxy) is 2. The molecular weight excluding hydrogens is 164 g/mol. The van der Waals surface area contributed by atoms with Crippen LogP contribution in [0.15, 0.2) is 18.2 Å². The molecule has 0 aromatic heterocycles. The van der Waals surface area contributed by atoms with Crippen LogP contribution in [0.3, 0.4) is 0 Å². The fourth-order valence-corrected chi connectivity index (χ4v) is 1.72. The van der Waals surface area contributed by atoms with Crippen molar-refractivity contribution in [2.24, 2.45) is 0 Å². The summed E-state index contributed by atoms with van der Waals surface area (Å²) in [5.41, 5.74) is 3.68. The van der Waals surface area contributed by atoms with E-state index in [2.05, 4.69) is 32.0 Å². The molecule has 13 heavy (non-hydrogen) atoms. The van der Waals surface area contributed by atoms with Crippen molar-refractivity contribution < 1.29 is 9.47 Å². The molecule has 0 atom stereocenters. The van der Waals surface area contributed by atoms with Crippen molar-refractivity contribution in [3.63, 3.8) is 0 Å². The fraction of sp³-hybridized carbons (Fsp3) is 0.455. The highest BCUT2D eigenvalue weighted by Gasteiger charge is 2.21. The lowest BCUT2D eigenvalue weighted by Crippen LogP contribution is -2.03. The number of hydrogen-bond donors (Lipinski definition) is 0. The van der Waals surface area contributed by atoms with E-state index in [0.29, 0.717) is 13.2 Å². The van der Waals surface area contributed by atoms with Gasteiger partial charge in [-0.1, -0.05) is 18.2 Å². The Balaban J connectivity index is 2.37. The van der Waals surface area contributed by atoms with Crippen LogP contribution in [0.4, 0.5) is 0 Å². The molecule has 0 unspecified atom stereocenters. The van der Waals surface area contributed by atoms with Crippen molar-refractivity contribution in [3.8, 4) is 0 Å². The SMILES string of the molecule is Cc1cccc(C)c1C1OCCO1. The number of benzene rings is 1. The molecule has 1 aliphatic heterocycles. The Morgan fingerprint density at radius 3 is 2.15 bits per heavy atom. The zero-order chi connectivity index (χ0) is 9.26. The second kappa shape index (κ2) is 3.48. The number of rotatable bonds is 1. The second-order valence-electron chi connectivity index (χ2n) is 3.38. The third-order valence-corrected chi connectivity index (χ3v) is 2.40. The lowest BCUT2D eigenvalue weighted by molar-refractivity contribution is -0.0449. The van der Waals surface area contributed by atoms with E-state index in [1.807, 2.05) is 0 Å². The van der Waals surface area contributed by atoms with Crippen LogP contribution in [0, 0.1) is 13.8 Å². The molecule has 1 aromatic carbocycles. The molecular formula is C11H14O2. The van der Waals surface area contributed by atoms with Gasteiger partial charge >= 0.3 is 0 Å². The van der Waals surface area contributed by atoms with E-state index in [9.17, 15) is 0 Å². The molecule has 0 radical (unpaired) electrons. The first-order chi connectivity index (χ1) is 6.29. The summed E-state index contributed by atoms with van der Waals surface area (Å²) in [5, 5.41) is 0. The van der Waals surface area contributed by atoms with Gasteiger partial charge in [0.25, 0.3) is 0 Å². The quantitative estimate of drug-likeness (QED) is 0.657. The Labute approximate surface area is 78.5 Å². The molecule has 1 saturated heterocycles. The van der Waals surface area contributed by atoms with Crippen molar-refractivity contribution >= 4 is 0 Å². The van der Waals surface area contributed by atoms with E-state index in [-0.39, 0.29) is 6.29 Å². The van der Waals surface area contributed by atoms with E-state index in [0.717, 1.165) is 0 Å². The third kappa shape index (κ3) is 1.60. The summed E-state index contributed by atoms with van der Waals surface area (Å²) >= 11 is 0. The van der Waals surface area contributed by atoms with Crippen molar-refractivity contribution in [3.05, 3.63) is 34.9 Å². The van der Waals surface area contributed by atoms with Crippen molar-refractivity contribution in [2.45, 2.75) is 20.1 Å². The lowest BCUT2D eigenvalue weighted by atomic mass is 10.0. The largest absolute Gasteiger partial charge is 0.346 e. The molecule has 1 aliphatic rings. The van der Waals surface area contributed by atoms with Crippen LogP contribution in [0.2, 0.25) is 0 Å². The summed E-state index contributed by atoms with van der Waals surface area (Å²) in [6.45, 7) is 5.59. The molecule has 0 amide bonds. The summed E-state index contributed by atoms with van der Waals surface area (Å²) in [7, 11) is 0. The Kier molecular flexibility index (Phi) is 2.34. The zero-order valence-electron chi connectivity index (χ0n) is 8.04. The highest BCUT2D eigenvalue weighted by atomic mass is 16.7. The van der Waals surface area contributed by atoms with Gasteiger partial charge in [-0.25, -0.2) is 0 Å². The molecule has 0 bridgehead atoms. The van der Waals surface area contributed by atoms with Crippen LogP contribution >= 0.6 is 0 Å². The van der Waals surface area contributed by atoms with Crippen LogP contribution in [0.5, 0.6) is 0 Å². The minimum atomic E-state index is -0.138. The summed E-state index contributed by atoms with van der Waals surface area (Å²) in [5.74, 6) is 0. The first-order valence-electron chi connectivity index (χ1n) is 4.58. The van der Waals surface area contributed by atoms with Crippen LogP contribution in [0.1, 0.15) is 23.0 Å². The maximum Gasteiger partial charge on any atom is 0.184 e. The minimum Gasteiger partial charge on any atom is -0.346 e. The van der Waals surface area contributed by atoms with Gasteiger partial charge in [-0.3, -0.25) is 0 Å². The van der Waals surface area contributed by atoms with Gasteiger partial charge in [0.15, 0.2) is 6.29 Å². The van der Waals surface area contributed by atoms with Crippen LogP contribution in [0.25, 0.3) is 0 Å². The third-order valence-electron chi connectivity index (χ3n) is 2.40. The summed E-state index contributed by atoms with van der Waals surface area (Å²) in [6.07, 6.45) is -0.138. The van der Waals surface area contributed by atoms with Gasteiger partial charge in [-0.05, 0) is 25.0 Å². The van der Waals surface area contributed by atoms with Gasteiger partial charge in [-0.2, -0.15) is 0 Å². The molecule has 2 nitrogen and oxygen atoms in total. The molecule has 2 rings (SSSR count). The molecule has 0 N–H and O–H groups in total. The van der Waals surface area contributed by atoms with Crippen LogP contribution < -0.4 is 0 Å². The summed E-state index contributed by atoms with van der Waals surface area (Å²) in [6, 6.07) is 6.24. The first-order valence-corrected chi connectivity index (χ1v) is 4.58. The Bertz CT molecular complexity index is 281. The minimum absolute atomic E-state index is 0.138. The maximum atomic E-state index is 5.48. The van der Waals surface area contributed by atoms with E-state index in [4.69, 9.17) is 9.47 Å². The number of hydrogen-bond acceptors (Lipinski definition) is 2. The number of aryl methyl sites for hydroxylation is 2. The van der Waals surface area contributed by atoms with E-state index in [1.165, 1.54) is 16.7 Å². The van der Waals surface area contributed by atoms with E-state index in [1.54, 1.807) is 0 Å². The Morgan fingerprint density at radius 1 is 1.08 bits per heavy atom. The second-order valence-corrected chi connectivity index (χ2v) is 3.38. The van der Waals surface area contributed by atoms with Crippen LogP contribution in [-0.4, -0.2) is 13.2 Å². The molecule has 1 fully saturated rings. The predicted octanol–water partition coefficient (Wildman–Crippen LogP) is 2.35. The fourth-order valence-electron chi connectivity index (χ4n) is 1.72. The van der Waals surface area contributed by atoms with Gasteiger partial charge in [0.2, 0.25) is 0 Å². The molecule has 0 saturated carbocycles. The van der Waals surface area contributed by atoms with Gasteiger partial charge < -0.3 is 9.47 Å². The monoisotopic (exact) mass is 178 g/mol. The lowest BCUT2D eigenvalue weighted by Gasteiger charge is -2.14. The molecule has 70 valence electrons. The van der Waals surface area contributed by atoms with Crippen molar-refractivity contribution in [2.75, 3.05) is 13.2 Å². The first kappa shape index (κ1) is 8.73. The van der Waals surface area contributed by atoms with Crippen LogP contribution in [-0.2, 0) is 9.47 Å². The molecule has 0 spiro atoms. The van der Waals surface area contributed by atoms with Crippen molar-refractivity contribution in [1.29, 1.82) is 0 Å². The standard InChI is InChI=1S/C11H14O2/c1-8-4-3-5-9(2)10(8)11-12-6-7-13-11/h3-5,11H,6-7H2,1-2H3. The van der Waals surface area contributed by atoms with E-state index >= 15 is 0 Å². The highest BCUT2D eigenvalue weighted by molar-refractivity contribution is 5.34. The predicted molar refractivity (Wildman–Crippen MR) is 50.6 cm³/mol. The Hall–Kier alpha value is -0.860. The molecule has 2 heteroatoms. The topological polar surface area (TPSA) is 18.5 Å². The van der Waals surface area contributed by atoms with Gasteiger partial charge in [0.05, 0.1) is 13.2 Å². The summed E-state index contributed by atoms with van der Waals surface area (Å²) < 4.78 is 11.0. The van der Waals surface area contributed by atoms with Gasteiger partial charge in [0.1, 0.15) is 0 Å². The molecule has 0 aliphatic carbocycles. The average molecular weight is 178 g/mol. The van der Waals surface area contributed by atoms with Crippen molar-refractivity contribution in [1.82, 2.24) is 0 Å². The molecule has 1 heterocycles. The zero-order valence-corrected chi connectivity index (χ0v) is 8.04. The van der Waals surface area contributed by atoms with E-state index < -0.39 is 0 Å². The highest BCUT2D eigenvalue weighted by Crippen LogP contribution is 2.28. The maximum absolute atomic E-state index is 5.48. The summed E-state index contributed by atoms with van der Waals surface area (Å²) in [4.78, 5) is 0. The molecule has 1 aromatic rings. The normalized spacial score (nSPS) is 18.0. The average Bonchev–Trinajstić information content (AvgIpc) is 2.57. The van der Waals surface area contributed by atoms with Gasteiger partial charge in [-0.15, -0.1) is 0 Å².